The fraction of sp³-hybridized carbons (Fsp3) is 0.500. The predicted octanol–water partition coefficient (Wildman–Crippen LogP) is 1.41. The van der Waals surface area contributed by atoms with E-state index in [1.54, 1.807) is 6.20 Å². The van der Waals surface area contributed by atoms with E-state index in [0.29, 0.717) is 13.1 Å². The summed E-state index contributed by atoms with van der Waals surface area (Å²) >= 11 is 0. The third-order valence-electron chi connectivity index (χ3n) is 2.67. The Morgan fingerprint density at radius 2 is 2.18 bits per heavy atom. The summed E-state index contributed by atoms with van der Waals surface area (Å²) in [6.45, 7) is 6.90. The van der Waals surface area contributed by atoms with Crippen molar-refractivity contribution < 1.29 is 4.79 Å². The summed E-state index contributed by atoms with van der Waals surface area (Å²) in [5, 5.41) is 3.22. The summed E-state index contributed by atoms with van der Waals surface area (Å²) in [5.41, 5.74) is 6.92. The first kappa shape index (κ1) is 15.9. The SMILES string of the molecule is Cc1ncccc1CNCC(C)(C)C(N)=O.Cl. The maximum absolute atomic E-state index is 11.1. The lowest BCUT2D eigenvalue weighted by atomic mass is 9.93. The number of primary amides is 1. The molecule has 0 aliphatic carbocycles. The minimum Gasteiger partial charge on any atom is -0.369 e. The molecule has 0 radical (unpaired) electrons. The average molecular weight is 258 g/mol. The Balaban J connectivity index is 0.00000256. The van der Waals surface area contributed by atoms with Crippen LogP contribution in [0.4, 0.5) is 0 Å². The second-order valence-electron chi connectivity index (χ2n) is 4.60. The number of halogens is 1. The third kappa shape index (κ3) is 4.71. The molecule has 0 saturated carbocycles. The zero-order valence-electron chi connectivity index (χ0n) is 10.5. The molecule has 1 heterocycles. The largest absolute Gasteiger partial charge is 0.369 e. The number of carbonyl (C=O) groups is 1. The van der Waals surface area contributed by atoms with E-state index >= 15 is 0 Å². The Morgan fingerprint density at radius 1 is 1.53 bits per heavy atom. The van der Waals surface area contributed by atoms with Gasteiger partial charge in [-0.3, -0.25) is 9.78 Å². The van der Waals surface area contributed by atoms with Gasteiger partial charge in [-0.25, -0.2) is 0 Å². The first-order chi connectivity index (χ1) is 7.43. The van der Waals surface area contributed by atoms with Gasteiger partial charge in [0.15, 0.2) is 0 Å². The molecule has 96 valence electrons. The van der Waals surface area contributed by atoms with Crippen molar-refractivity contribution in [1.29, 1.82) is 0 Å². The standard InChI is InChI=1S/C12H19N3O.ClH/c1-9-10(5-4-6-15-9)7-14-8-12(2,3)11(13)16;/h4-6,14H,7-8H2,1-3H3,(H2,13,16);1H. The van der Waals surface area contributed by atoms with Crippen LogP contribution in [0.15, 0.2) is 18.3 Å². The van der Waals surface area contributed by atoms with E-state index in [1.807, 2.05) is 32.9 Å². The number of pyridine rings is 1. The first-order valence-corrected chi connectivity index (χ1v) is 5.34. The summed E-state index contributed by atoms with van der Waals surface area (Å²) in [4.78, 5) is 15.3. The van der Waals surface area contributed by atoms with Gasteiger partial charge in [-0.2, -0.15) is 0 Å². The molecular weight excluding hydrogens is 238 g/mol. The Hall–Kier alpha value is -1.13. The lowest BCUT2D eigenvalue weighted by Gasteiger charge is -2.21. The molecule has 1 aromatic heterocycles. The number of nitrogens with zero attached hydrogens (tertiary/aromatic N) is 1. The van der Waals surface area contributed by atoms with Crippen LogP contribution in [0, 0.1) is 12.3 Å². The summed E-state index contributed by atoms with van der Waals surface area (Å²) in [6, 6.07) is 3.93. The van der Waals surface area contributed by atoms with Gasteiger partial charge in [0.1, 0.15) is 0 Å². The molecular formula is C12H20ClN3O. The second kappa shape index (κ2) is 6.57. The first-order valence-electron chi connectivity index (χ1n) is 5.34. The number of nitrogens with two attached hydrogens (primary N) is 1. The zero-order chi connectivity index (χ0) is 12.2. The summed E-state index contributed by atoms with van der Waals surface area (Å²) in [5.74, 6) is -0.289. The van der Waals surface area contributed by atoms with E-state index in [9.17, 15) is 4.79 Å². The molecule has 4 nitrogen and oxygen atoms in total. The molecule has 0 bridgehead atoms. The van der Waals surface area contributed by atoms with Crippen molar-refractivity contribution in [1.82, 2.24) is 10.3 Å². The zero-order valence-corrected chi connectivity index (χ0v) is 11.3. The van der Waals surface area contributed by atoms with E-state index in [-0.39, 0.29) is 18.3 Å². The minimum atomic E-state index is -0.518. The van der Waals surface area contributed by atoms with Gasteiger partial charge in [0.2, 0.25) is 5.91 Å². The highest BCUT2D eigenvalue weighted by molar-refractivity contribution is 5.85. The van der Waals surface area contributed by atoms with Crippen LogP contribution in [0.25, 0.3) is 0 Å². The topological polar surface area (TPSA) is 68.0 Å². The molecule has 1 amide bonds. The molecule has 0 spiro atoms. The number of hydrogen-bond acceptors (Lipinski definition) is 3. The fourth-order valence-electron chi connectivity index (χ4n) is 1.30. The van der Waals surface area contributed by atoms with E-state index < -0.39 is 5.41 Å². The molecule has 0 aliphatic rings. The smallest absolute Gasteiger partial charge is 0.224 e. The van der Waals surface area contributed by atoms with Crippen LogP contribution in [0.2, 0.25) is 0 Å². The average Bonchev–Trinajstić information content (AvgIpc) is 2.20. The quantitative estimate of drug-likeness (QED) is 0.838. The van der Waals surface area contributed by atoms with Gasteiger partial charge in [-0.1, -0.05) is 6.07 Å². The highest BCUT2D eigenvalue weighted by atomic mass is 35.5. The van der Waals surface area contributed by atoms with Crippen molar-refractivity contribution in [2.24, 2.45) is 11.1 Å². The molecule has 1 aromatic rings. The normalized spacial score (nSPS) is 10.8. The summed E-state index contributed by atoms with van der Waals surface area (Å²) < 4.78 is 0. The van der Waals surface area contributed by atoms with Crippen LogP contribution >= 0.6 is 12.4 Å². The van der Waals surface area contributed by atoms with Crippen molar-refractivity contribution in [2.75, 3.05) is 6.54 Å². The third-order valence-corrected chi connectivity index (χ3v) is 2.67. The van der Waals surface area contributed by atoms with Gasteiger partial charge in [0.05, 0.1) is 5.41 Å². The van der Waals surface area contributed by atoms with Crippen molar-refractivity contribution in [3.05, 3.63) is 29.6 Å². The lowest BCUT2D eigenvalue weighted by Crippen LogP contribution is -2.40. The van der Waals surface area contributed by atoms with Crippen molar-refractivity contribution >= 4 is 18.3 Å². The van der Waals surface area contributed by atoms with Gasteiger partial charge in [0, 0.05) is 25.0 Å². The maximum Gasteiger partial charge on any atom is 0.224 e. The highest BCUT2D eigenvalue weighted by Crippen LogP contribution is 2.12. The number of rotatable bonds is 5. The van der Waals surface area contributed by atoms with Crippen molar-refractivity contribution in [3.8, 4) is 0 Å². The van der Waals surface area contributed by atoms with E-state index in [2.05, 4.69) is 10.3 Å². The fourth-order valence-corrected chi connectivity index (χ4v) is 1.30. The van der Waals surface area contributed by atoms with Gasteiger partial charge in [0.25, 0.3) is 0 Å². The van der Waals surface area contributed by atoms with Crippen molar-refractivity contribution in [2.45, 2.75) is 27.3 Å². The molecule has 0 unspecified atom stereocenters. The molecule has 1 rings (SSSR count). The van der Waals surface area contributed by atoms with Gasteiger partial charge < -0.3 is 11.1 Å². The maximum atomic E-state index is 11.1. The Labute approximate surface area is 108 Å². The van der Waals surface area contributed by atoms with Crippen LogP contribution in [0.5, 0.6) is 0 Å². The lowest BCUT2D eigenvalue weighted by molar-refractivity contribution is -0.125. The molecule has 3 N–H and O–H groups in total. The number of nitrogens with one attached hydrogen (secondary N) is 1. The molecule has 0 saturated heterocycles. The number of amides is 1. The van der Waals surface area contributed by atoms with Crippen molar-refractivity contribution in [3.63, 3.8) is 0 Å². The number of aryl methyl sites for hydroxylation is 1. The molecule has 0 aliphatic heterocycles. The van der Waals surface area contributed by atoms with Gasteiger partial charge >= 0.3 is 0 Å². The number of hydrogen-bond donors (Lipinski definition) is 2. The molecule has 17 heavy (non-hydrogen) atoms. The van der Waals surface area contributed by atoms with Gasteiger partial charge in [-0.05, 0) is 32.4 Å². The molecule has 0 aromatic carbocycles. The summed E-state index contributed by atoms with van der Waals surface area (Å²) in [7, 11) is 0. The van der Waals surface area contributed by atoms with Crippen LogP contribution in [-0.2, 0) is 11.3 Å². The Kier molecular flexibility index (Phi) is 6.13. The summed E-state index contributed by atoms with van der Waals surface area (Å²) in [6.07, 6.45) is 1.77. The van der Waals surface area contributed by atoms with E-state index in [4.69, 9.17) is 5.73 Å². The van der Waals surface area contributed by atoms with Gasteiger partial charge in [-0.15, -0.1) is 12.4 Å². The van der Waals surface area contributed by atoms with Crippen LogP contribution in [0.3, 0.4) is 0 Å². The number of carbonyl (C=O) groups excluding carboxylic acids is 1. The Morgan fingerprint density at radius 3 is 2.71 bits per heavy atom. The second-order valence-corrected chi connectivity index (χ2v) is 4.60. The molecule has 0 fully saturated rings. The van der Waals surface area contributed by atoms with E-state index in [0.717, 1.165) is 11.3 Å². The number of aromatic nitrogens is 1. The predicted molar refractivity (Wildman–Crippen MR) is 70.9 cm³/mol. The monoisotopic (exact) mass is 257 g/mol. The highest BCUT2D eigenvalue weighted by Gasteiger charge is 2.23. The molecule has 0 atom stereocenters. The van der Waals surface area contributed by atoms with Crippen LogP contribution in [-0.4, -0.2) is 17.4 Å². The van der Waals surface area contributed by atoms with Crippen LogP contribution < -0.4 is 11.1 Å². The Bertz CT molecular complexity index is 380. The molecule has 5 heteroatoms. The minimum absolute atomic E-state index is 0. The van der Waals surface area contributed by atoms with E-state index in [1.165, 1.54) is 0 Å². The van der Waals surface area contributed by atoms with Crippen LogP contribution in [0.1, 0.15) is 25.1 Å².